The molecule has 6 nitrogen and oxygen atoms in total. The highest BCUT2D eigenvalue weighted by atomic mass is 32.1. The quantitative estimate of drug-likeness (QED) is 0.529. The van der Waals surface area contributed by atoms with Crippen LogP contribution in [0, 0.1) is 12.8 Å². The molecule has 7 heteroatoms. The van der Waals surface area contributed by atoms with E-state index in [0.29, 0.717) is 11.3 Å². The van der Waals surface area contributed by atoms with Crippen LogP contribution in [-0.2, 0) is 17.6 Å². The van der Waals surface area contributed by atoms with Crippen LogP contribution in [0.2, 0.25) is 0 Å². The standard InChI is InChI=1S/C22H24N4O2S/c1-13-4-7-16(8-5-13)11-24-25-20(27)15(3)26-12-23-21-19(22(26)28)17-9-6-14(2)10-18(17)29-21/h4-5,7-8,11-12,14-15H,6,9-10H2,1-3H3,(H,25,27)/b24-11+/t14-,15+/m0/s1. The van der Waals surface area contributed by atoms with Gasteiger partial charge in [0, 0.05) is 4.88 Å². The van der Waals surface area contributed by atoms with Crippen molar-refractivity contribution in [2.45, 2.75) is 46.1 Å². The largest absolute Gasteiger partial charge is 0.286 e. The van der Waals surface area contributed by atoms with Crippen molar-refractivity contribution in [2.75, 3.05) is 0 Å². The van der Waals surface area contributed by atoms with Crippen molar-refractivity contribution in [3.63, 3.8) is 0 Å². The number of carbonyl (C=O) groups excluding carboxylic acids is 1. The van der Waals surface area contributed by atoms with Gasteiger partial charge >= 0.3 is 0 Å². The number of hydrogen-bond donors (Lipinski definition) is 1. The fraction of sp³-hybridized carbons (Fsp3) is 0.364. The molecule has 1 N–H and O–H groups in total. The van der Waals surface area contributed by atoms with Gasteiger partial charge in [-0.05, 0) is 50.2 Å². The zero-order chi connectivity index (χ0) is 20.5. The number of hydrogen-bond acceptors (Lipinski definition) is 5. The molecule has 1 aromatic carbocycles. The van der Waals surface area contributed by atoms with Crippen molar-refractivity contribution < 1.29 is 4.79 Å². The minimum Gasteiger partial charge on any atom is -0.286 e. The first-order valence-electron chi connectivity index (χ1n) is 9.85. The molecule has 3 aromatic rings. The highest BCUT2D eigenvalue weighted by molar-refractivity contribution is 7.18. The number of nitrogens with one attached hydrogen (secondary N) is 1. The molecule has 4 rings (SSSR count). The number of benzene rings is 1. The van der Waals surface area contributed by atoms with Crippen LogP contribution in [0.15, 0.2) is 40.5 Å². The molecule has 0 bridgehead atoms. The maximum atomic E-state index is 13.1. The Kier molecular flexibility index (Phi) is 5.32. The second kappa shape index (κ2) is 7.91. The summed E-state index contributed by atoms with van der Waals surface area (Å²) in [5.74, 6) is 0.281. The molecular formula is C22H24N4O2S. The zero-order valence-corrected chi connectivity index (χ0v) is 17.6. The molecular weight excluding hydrogens is 384 g/mol. The lowest BCUT2D eigenvalue weighted by Gasteiger charge is -2.18. The van der Waals surface area contributed by atoms with Crippen molar-refractivity contribution in [3.05, 3.63) is 62.5 Å². The predicted octanol–water partition coefficient (Wildman–Crippen LogP) is 3.60. The Hall–Kier alpha value is -2.80. The molecule has 0 aliphatic heterocycles. The Balaban J connectivity index is 1.55. The maximum Gasteiger partial charge on any atom is 0.263 e. The van der Waals surface area contributed by atoms with E-state index < -0.39 is 6.04 Å². The molecule has 1 aliphatic carbocycles. The number of aryl methyl sites for hydroxylation is 2. The van der Waals surface area contributed by atoms with E-state index in [0.717, 1.165) is 40.8 Å². The number of rotatable bonds is 4. The molecule has 150 valence electrons. The van der Waals surface area contributed by atoms with Gasteiger partial charge in [0.25, 0.3) is 11.5 Å². The first-order valence-corrected chi connectivity index (χ1v) is 10.7. The third-order valence-electron chi connectivity index (χ3n) is 5.50. The van der Waals surface area contributed by atoms with E-state index in [1.165, 1.54) is 15.8 Å². The van der Waals surface area contributed by atoms with Gasteiger partial charge in [-0.2, -0.15) is 5.10 Å². The average Bonchev–Trinajstić information content (AvgIpc) is 3.07. The summed E-state index contributed by atoms with van der Waals surface area (Å²) in [5, 5.41) is 4.70. The molecule has 0 saturated carbocycles. The van der Waals surface area contributed by atoms with Gasteiger partial charge in [0.1, 0.15) is 10.9 Å². The lowest BCUT2D eigenvalue weighted by atomic mass is 9.89. The van der Waals surface area contributed by atoms with Gasteiger partial charge in [0.05, 0.1) is 17.9 Å². The van der Waals surface area contributed by atoms with Crippen LogP contribution in [0.3, 0.4) is 0 Å². The molecule has 0 fully saturated rings. The van der Waals surface area contributed by atoms with E-state index in [9.17, 15) is 9.59 Å². The average molecular weight is 409 g/mol. The highest BCUT2D eigenvalue weighted by Gasteiger charge is 2.25. The number of nitrogens with zero attached hydrogens (tertiary/aromatic N) is 3. The van der Waals surface area contributed by atoms with E-state index in [4.69, 9.17) is 0 Å². The molecule has 0 radical (unpaired) electrons. The van der Waals surface area contributed by atoms with Gasteiger partial charge < -0.3 is 0 Å². The molecule has 1 amide bonds. The van der Waals surface area contributed by atoms with E-state index in [1.54, 1.807) is 24.5 Å². The van der Waals surface area contributed by atoms with E-state index in [2.05, 4.69) is 22.4 Å². The summed E-state index contributed by atoms with van der Waals surface area (Å²) in [6.45, 7) is 5.94. The molecule has 0 saturated heterocycles. The van der Waals surface area contributed by atoms with E-state index >= 15 is 0 Å². The zero-order valence-electron chi connectivity index (χ0n) is 16.8. The topological polar surface area (TPSA) is 76.3 Å². The van der Waals surface area contributed by atoms with Gasteiger partial charge in [-0.1, -0.05) is 36.8 Å². The SMILES string of the molecule is Cc1ccc(/C=N/NC(=O)[C@@H](C)n2cnc3sc4c(c3c2=O)CC[C@H](C)C4)cc1. The minimum absolute atomic E-state index is 0.146. The summed E-state index contributed by atoms with van der Waals surface area (Å²) in [5.41, 5.74) is 5.56. The van der Waals surface area contributed by atoms with Crippen LogP contribution in [-0.4, -0.2) is 21.7 Å². The molecule has 0 unspecified atom stereocenters. The smallest absolute Gasteiger partial charge is 0.263 e. The van der Waals surface area contributed by atoms with Crippen molar-refractivity contribution in [1.29, 1.82) is 0 Å². The third kappa shape index (κ3) is 3.87. The fourth-order valence-electron chi connectivity index (χ4n) is 3.66. The second-order valence-electron chi connectivity index (χ2n) is 7.81. The number of fused-ring (bicyclic) bond motifs is 3. The van der Waals surface area contributed by atoms with Crippen molar-refractivity contribution >= 4 is 33.7 Å². The number of amides is 1. The normalized spacial score (nSPS) is 17.4. The Labute approximate surface area is 173 Å². The summed E-state index contributed by atoms with van der Waals surface area (Å²) in [6, 6.07) is 7.12. The van der Waals surface area contributed by atoms with E-state index in [1.807, 2.05) is 31.2 Å². The molecule has 2 heterocycles. The van der Waals surface area contributed by atoms with Crippen LogP contribution < -0.4 is 11.0 Å². The van der Waals surface area contributed by atoms with Crippen molar-refractivity contribution in [3.8, 4) is 0 Å². The summed E-state index contributed by atoms with van der Waals surface area (Å²) in [4.78, 5) is 32.2. The van der Waals surface area contributed by atoms with Crippen LogP contribution in [0.4, 0.5) is 0 Å². The molecule has 29 heavy (non-hydrogen) atoms. The fourth-order valence-corrected chi connectivity index (χ4v) is 5.00. The monoisotopic (exact) mass is 408 g/mol. The van der Waals surface area contributed by atoms with Crippen molar-refractivity contribution in [1.82, 2.24) is 15.0 Å². The molecule has 0 spiro atoms. The Morgan fingerprint density at radius 3 is 2.90 bits per heavy atom. The van der Waals surface area contributed by atoms with Crippen molar-refractivity contribution in [2.24, 2.45) is 11.0 Å². The molecule has 2 atom stereocenters. The van der Waals surface area contributed by atoms with Gasteiger partial charge in [-0.3, -0.25) is 14.2 Å². The first-order chi connectivity index (χ1) is 13.9. The predicted molar refractivity (Wildman–Crippen MR) is 117 cm³/mol. The van der Waals surface area contributed by atoms with Gasteiger partial charge in [0.2, 0.25) is 0 Å². The summed E-state index contributed by atoms with van der Waals surface area (Å²) >= 11 is 1.61. The number of hydrazone groups is 1. The Morgan fingerprint density at radius 1 is 1.38 bits per heavy atom. The molecule has 2 aromatic heterocycles. The third-order valence-corrected chi connectivity index (χ3v) is 6.67. The van der Waals surface area contributed by atoms with E-state index in [-0.39, 0.29) is 11.5 Å². The second-order valence-corrected chi connectivity index (χ2v) is 8.89. The lowest BCUT2D eigenvalue weighted by molar-refractivity contribution is -0.123. The maximum absolute atomic E-state index is 13.1. The van der Waals surface area contributed by atoms with Gasteiger partial charge in [0.15, 0.2) is 0 Å². The van der Waals surface area contributed by atoms with Gasteiger partial charge in [-0.15, -0.1) is 11.3 Å². The van der Waals surface area contributed by atoms with Crippen LogP contribution >= 0.6 is 11.3 Å². The first kappa shape index (κ1) is 19.5. The number of aromatic nitrogens is 2. The van der Waals surface area contributed by atoms with Crippen LogP contribution in [0.1, 0.15) is 47.9 Å². The van der Waals surface area contributed by atoms with Crippen LogP contribution in [0.5, 0.6) is 0 Å². The highest BCUT2D eigenvalue weighted by Crippen LogP contribution is 2.35. The Morgan fingerprint density at radius 2 is 2.14 bits per heavy atom. The minimum atomic E-state index is -0.701. The Bertz CT molecular complexity index is 1140. The lowest BCUT2D eigenvalue weighted by Crippen LogP contribution is -2.34. The number of thiophene rings is 1. The molecule has 1 aliphatic rings. The summed E-state index contributed by atoms with van der Waals surface area (Å²) in [6.07, 6.45) is 6.05. The summed E-state index contributed by atoms with van der Waals surface area (Å²) < 4.78 is 1.41. The number of carbonyl (C=O) groups is 1. The van der Waals surface area contributed by atoms with Gasteiger partial charge in [-0.25, -0.2) is 10.4 Å². The summed E-state index contributed by atoms with van der Waals surface area (Å²) in [7, 11) is 0. The van der Waals surface area contributed by atoms with Crippen LogP contribution in [0.25, 0.3) is 10.2 Å².